The first-order chi connectivity index (χ1) is 10.2. The van der Waals surface area contributed by atoms with Gasteiger partial charge in [-0.2, -0.15) is 0 Å². The van der Waals surface area contributed by atoms with E-state index in [1.807, 2.05) is 10.9 Å². The van der Waals surface area contributed by atoms with E-state index in [0.717, 1.165) is 0 Å². The summed E-state index contributed by atoms with van der Waals surface area (Å²) in [6.07, 6.45) is 0. The fourth-order valence-electron chi connectivity index (χ4n) is 0.644. The van der Waals surface area contributed by atoms with Gasteiger partial charge in [0, 0.05) is 0 Å². The van der Waals surface area contributed by atoms with Gasteiger partial charge in [-0.25, -0.2) is 51.5 Å². The minimum absolute atomic E-state index is 0.727. The van der Waals surface area contributed by atoms with Gasteiger partial charge in [-0.15, -0.1) is 0 Å². The van der Waals surface area contributed by atoms with Crippen molar-refractivity contribution >= 4 is 24.0 Å². The lowest BCUT2D eigenvalue weighted by molar-refractivity contribution is -0.485. The molecule has 0 bridgehead atoms. The first kappa shape index (κ1) is 17.9. The maximum Gasteiger partial charge on any atom is 0.352 e. The van der Waals surface area contributed by atoms with E-state index in [1.54, 1.807) is 21.7 Å². The van der Waals surface area contributed by atoms with Crippen LogP contribution in [0.25, 0.3) is 0 Å². The van der Waals surface area contributed by atoms with Gasteiger partial charge in [-0.05, 0) is 0 Å². The smallest absolute Gasteiger partial charge is 0.352 e. The molecule has 10 N–H and O–H groups in total. The summed E-state index contributed by atoms with van der Waals surface area (Å²) in [6, 6.07) is -2.16. The van der Waals surface area contributed by atoms with Gasteiger partial charge >= 0.3 is 12.1 Å². The predicted molar refractivity (Wildman–Crippen MR) is 66.8 cm³/mol. The highest BCUT2D eigenvalue weighted by molar-refractivity contribution is 5.84. The van der Waals surface area contributed by atoms with Gasteiger partial charge in [0.1, 0.15) is 10.2 Å². The highest BCUT2D eigenvalue weighted by Crippen LogP contribution is 1.68. The maximum absolute atomic E-state index is 11.1. The summed E-state index contributed by atoms with van der Waals surface area (Å²) in [5.41, 5.74) is 20.6. The first-order valence-corrected chi connectivity index (χ1v) is 4.81. The van der Waals surface area contributed by atoms with Gasteiger partial charge < -0.3 is 11.5 Å². The Hall–Kier alpha value is -4.12. The van der Waals surface area contributed by atoms with E-state index in [0.29, 0.717) is 0 Å². The van der Waals surface area contributed by atoms with E-state index in [4.69, 9.17) is 11.5 Å². The number of hydrazine groups is 3. The Morgan fingerprint density at radius 1 is 0.727 bits per heavy atom. The molecule has 22 heavy (non-hydrogen) atoms. The Balaban J connectivity index is 3.98. The third-order valence-electron chi connectivity index (χ3n) is 1.28. The number of rotatable bonds is 2. The number of amides is 4. The van der Waals surface area contributed by atoms with E-state index in [-0.39, 0.29) is 0 Å². The second-order valence-corrected chi connectivity index (χ2v) is 2.85. The molecule has 0 aromatic rings. The molecule has 0 aromatic heterocycles. The molecule has 0 aliphatic carbocycles. The molecule has 18 heteroatoms. The van der Waals surface area contributed by atoms with Gasteiger partial charge in [0.2, 0.25) is 0 Å². The molecular formula is C4H10N12O6. The van der Waals surface area contributed by atoms with Crippen molar-refractivity contribution in [2.45, 2.75) is 0 Å². The van der Waals surface area contributed by atoms with Crippen molar-refractivity contribution in [3.8, 4) is 0 Å². The Morgan fingerprint density at radius 3 is 1.27 bits per heavy atom. The SMILES string of the molecule is N/C(=N\[N+](=O)[O-])NNC(=O)NNC(=O)NN/C(N)=N/[N+](=O)[O-]. The van der Waals surface area contributed by atoms with Gasteiger partial charge in [-0.1, -0.05) is 0 Å². The number of nitrogens with one attached hydrogen (secondary N) is 6. The Labute approximate surface area is 119 Å². The van der Waals surface area contributed by atoms with Crippen LogP contribution in [0, 0.1) is 20.2 Å². The third kappa shape index (κ3) is 9.86. The molecule has 0 aliphatic heterocycles. The number of nitrogens with zero attached hydrogens (tertiary/aromatic N) is 4. The molecule has 0 spiro atoms. The van der Waals surface area contributed by atoms with Crippen molar-refractivity contribution in [2.24, 2.45) is 21.7 Å². The molecule has 0 aliphatic rings. The van der Waals surface area contributed by atoms with E-state index < -0.39 is 34.0 Å². The minimum Gasteiger partial charge on any atom is -0.363 e. The monoisotopic (exact) mass is 322 g/mol. The molecule has 0 saturated carbocycles. The normalized spacial score (nSPS) is 10.9. The van der Waals surface area contributed by atoms with Crippen LogP contribution in [-0.2, 0) is 0 Å². The number of carbonyl (C=O) groups excluding carboxylic acids is 2. The van der Waals surface area contributed by atoms with Crippen LogP contribution >= 0.6 is 0 Å². The fourth-order valence-corrected chi connectivity index (χ4v) is 0.644. The lowest BCUT2D eigenvalue weighted by atomic mass is 11.0. The highest BCUT2D eigenvalue weighted by Gasteiger charge is 2.06. The number of hydrazone groups is 2. The molecule has 0 fully saturated rings. The third-order valence-corrected chi connectivity index (χ3v) is 1.28. The summed E-state index contributed by atoms with van der Waals surface area (Å²) < 4.78 is 0. The zero-order chi connectivity index (χ0) is 17.1. The molecule has 0 heterocycles. The van der Waals surface area contributed by atoms with Crippen molar-refractivity contribution in [2.75, 3.05) is 0 Å². The molecule has 0 atom stereocenters. The number of hydrogen-bond donors (Lipinski definition) is 8. The van der Waals surface area contributed by atoms with Crippen LogP contribution < -0.4 is 44.0 Å². The number of urea groups is 2. The Kier molecular flexibility index (Phi) is 7.23. The van der Waals surface area contributed by atoms with Crippen molar-refractivity contribution in [3.05, 3.63) is 20.2 Å². The number of guanidine groups is 2. The lowest BCUT2D eigenvalue weighted by Crippen LogP contribution is -2.58. The van der Waals surface area contributed by atoms with E-state index in [1.165, 1.54) is 0 Å². The van der Waals surface area contributed by atoms with Gasteiger partial charge in [0.05, 0.1) is 0 Å². The van der Waals surface area contributed by atoms with Gasteiger partial charge in [0.25, 0.3) is 11.9 Å². The molecule has 0 rings (SSSR count). The highest BCUT2D eigenvalue weighted by atomic mass is 16.7. The zero-order valence-corrected chi connectivity index (χ0v) is 10.4. The van der Waals surface area contributed by atoms with Gasteiger partial charge in [0.15, 0.2) is 10.1 Å². The summed E-state index contributed by atoms with van der Waals surface area (Å²) in [6.45, 7) is 0. The standard InChI is InChI=1S/C4H10N12O6/c5-1(13-15(19)20)7-9-3(17)11-12-4(18)10-8-2(6)14-16(21)22/h(H3,5,7,13)(H3,6,8,14)(H2,9,11,17)(H2,10,12,18). The van der Waals surface area contributed by atoms with E-state index in [9.17, 15) is 29.8 Å². The first-order valence-electron chi connectivity index (χ1n) is 4.81. The van der Waals surface area contributed by atoms with E-state index in [2.05, 4.69) is 10.2 Å². The second-order valence-electron chi connectivity index (χ2n) is 2.85. The van der Waals surface area contributed by atoms with Crippen LogP contribution in [0.5, 0.6) is 0 Å². The summed E-state index contributed by atoms with van der Waals surface area (Å²) in [5.74, 6) is -1.45. The molecule has 0 radical (unpaired) electrons. The van der Waals surface area contributed by atoms with Crippen LogP contribution in [0.15, 0.2) is 10.2 Å². The molecule has 4 amide bonds. The molecular weight excluding hydrogens is 312 g/mol. The van der Waals surface area contributed by atoms with Crippen LogP contribution in [0.3, 0.4) is 0 Å². The Morgan fingerprint density at radius 2 is 1.00 bits per heavy atom. The van der Waals surface area contributed by atoms with Crippen molar-refractivity contribution in [1.82, 2.24) is 32.6 Å². The van der Waals surface area contributed by atoms with E-state index >= 15 is 0 Å². The van der Waals surface area contributed by atoms with Crippen LogP contribution in [0.4, 0.5) is 9.59 Å². The summed E-state index contributed by atoms with van der Waals surface area (Å²) in [7, 11) is 0. The average Bonchev–Trinajstić information content (AvgIpc) is 2.39. The molecule has 0 aromatic carbocycles. The maximum atomic E-state index is 11.1. The average molecular weight is 322 g/mol. The van der Waals surface area contributed by atoms with Crippen LogP contribution in [0.1, 0.15) is 0 Å². The minimum atomic E-state index is -1.11. The largest absolute Gasteiger partial charge is 0.363 e. The Bertz CT molecular complexity index is 466. The van der Waals surface area contributed by atoms with Gasteiger partial charge in [-0.3, -0.25) is 10.9 Å². The van der Waals surface area contributed by atoms with Crippen LogP contribution in [-0.4, -0.2) is 34.0 Å². The predicted octanol–water partition coefficient (Wildman–Crippen LogP) is -4.48. The summed E-state index contributed by atoms with van der Waals surface area (Å²) in [5, 5.41) is 22.7. The van der Waals surface area contributed by atoms with Crippen molar-refractivity contribution in [3.63, 3.8) is 0 Å². The number of nitro groups is 2. The summed E-state index contributed by atoms with van der Waals surface area (Å²) in [4.78, 5) is 41.9. The van der Waals surface area contributed by atoms with Crippen molar-refractivity contribution < 1.29 is 19.7 Å². The second kappa shape index (κ2) is 8.89. The lowest BCUT2D eigenvalue weighted by Gasteiger charge is -2.10. The molecule has 0 unspecified atom stereocenters. The summed E-state index contributed by atoms with van der Waals surface area (Å²) >= 11 is 0. The molecule has 18 nitrogen and oxygen atoms in total. The van der Waals surface area contributed by atoms with Crippen molar-refractivity contribution in [1.29, 1.82) is 0 Å². The number of nitrogens with two attached hydrogens (primary N) is 2. The molecule has 0 saturated heterocycles. The van der Waals surface area contributed by atoms with Crippen LogP contribution in [0.2, 0.25) is 0 Å². The fraction of sp³-hybridized carbons (Fsp3) is 0. The number of carbonyl (C=O) groups is 2. The topological polar surface area (TPSA) is 269 Å². The zero-order valence-electron chi connectivity index (χ0n) is 10.4. The molecule has 122 valence electrons. The quantitative estimate of drug-likeness (QED) is 0.104. The number of hydrogen-bond acceptors (Lipinski definition) is 6.